The predicted molar refractivity (Wildman–Crippen MR) is 129 cm³/mol. The van der Waals surface area contributed by atoms with Crippen LogP contribution in [0.2, 0.25) is 5.02 Å². The van der Waals surface area contributed by atoms with Gasteiger partial charge in [-0.25, -0.2) is 18.5 Å². The zero-order chi connectivity index (χ0) is 25.8. The fourth-order valence-corrected chi connectivity index (χ4v) is 3.78. The van der Waals surface area contributed by atoms with Crippen LogP contribution in [0.25, 0.3) is 6.08 Å². The van der Waals surface area contributed by atoms with Gasteiger partial charge < -0.3 is 9.47 Å². The minimum atomic E-state index is -0.956. The van der Waals surface area contributed by atoms with Crippen LogP contribution in [-0.2, 0) is 16.2 Å². The fraction of sp³-hybridized carbons (Fsp3) is 0.115. The molecule has 0 saturated carbocycles. The van der Waals surface area contributed by atoms with E-state index < -0.39 is 29.5 Å². The lowest BCUT2D eigenvalue weighted by atomic mass is 10.1. The molecular weight excluding hydrogens is 494 g/mol. The molecule has 1 heterocycles. The van der Waals surface area contributed by atoms with Gasteiger partial charge in [0, 0.05) is 0 Å². The summed E-state index contributed by atoms with van der Waals surface area (Å²) < 4.78 is 38.2. The van der Waals surface area contributed by atoms with Crippen molar-refractivity contribution in [2.45, 2.75) is 13.5 Å². The highest BCUT2D eigenvalue weighted by molar-refractivity contribution is 6.39. The number of hydrogen-bond acceptors (Lipinski definition) is 5. The number of benzene rings is 3. The van der Waals surface area contributed by atoms with Crippen LogP contribution in [0.3, 0.4) is 0 Å². The molecule has 0 aliphatic carbocycles. The van der Waals surface area contributed by atoms with Crippen LogP contribution in [0.1, 0.15) is 18.1 Å². The van der Waals surface area contributed by atoms with E-state index in [0.29, 0.717) is 11.1 Å². The van der Waals surface area contributed by atoms with Gasteiger partial charge in [-0.1, -0.05) is 23.7 Å². The molecule has 0 unspecified atom stereocenters. The number of urea groups is 1. The first-order chi connectivity index (χ1) is 17.3. The van der Waals surface area contributed by atoms with Gasteiger partial charge in [0.25, 0.3) is 11.8 Å². The van der Waals surface area contributed by atoms with E-state index in [0.717, 1.165) is 17.0 Å². The number of anilines is 1. The molecule has 4 rings (SSSR count). The first-order valence-electron chi connectivity index (χ1n) is 10.8. The Morgan fingerprint density at radius 1 is 0.972 bits per heavy atom. The Kier molecular flexibility index (Phi) is 7.30. The molecule has 1 saturated heterocycles. The Morgan fingerprint density at radius 3 is 2.42 bits per heavy atom. The zero-order valence-corrected chi connectivity index (χ0v) is 19.6. The summed E-state index contributed by atoms with van der Waals surface area (Å²) in [5.74, 6) is -2.30. The standard InChI is InChI=1S/C26H19ClF2N2O5/c1-2-35-22-13-16(12-21(27)23(22)36-14-15-4-3-5-18(29)10-15)11-20-24(32)30-26(34)31(25(20)33)19-8-6-17(28)7-9-19/h3-13H,2,14H2,1H3,(H,30,32,34)/b20-11+. The summed E-state index contributed by atoms with van der Waals surface area (Å²) in [6, 6.07) is 12.6. The second kappa shape index (κ2) is 10.6. The maximum absolute atomic E-state index is 13.5. The molecule has 1 aliphatic heterocycles. The number of nitrogens with one attached hydrogen (secondary N) is 1. The van der Waals surface area contributed by atoms with Crippen molar-refractivity contribution in [3.63, 3.8) is 0 Å². The van der Waals surface area contributed by atoms with Crippen LogP contribution < -0.4 is 19.7 Å². The monoisotopic (exact) mass is 512 g/mol. The second-order valence-electron chi connectivity index (χ2n) is 7.62. The number of carbonyl (C=O) groups excluding carboxylic acids is 3. The van der Waals surface area contributed by atoms with E-state index >= 15 is 0 Å². The summed E-state index contributed by atoms with van der Waals surface area (Å²) in [7, 11) is 0. The number of hydrogen-bond donors (Lipinski definition) is 1. The van der Waals surface area contributed by atoms with Crippen LogP contribution in [0, 0.1) is 11.6 Å². The predicted octanol–water partition coefficient (Wildman–Crippen LogP) is 5.26. The average Bonchev–Trinajstić information content (AvgIpc) is 2.82. The van der Waals surface area contributed by atoms with E-state index in [1.807, 2.05) is 0 Å². The van der Waals surface area contributed by atoms with Crippen LogP contribution >= 0.6 is 11.6 Å². The highest BCUT2D eigenvalue weighted by Crippen LogP contribution is 2.38. The topological polar surface area (TPSA) is 84.9 Å². The lowest BCUT2D eigenvalue weighted by Crippen LogP contribution is -2.54. The van der Waals surface area contributed by atoms with Gasteiger partial charge in [-0.05, 0) is 72.7 Å². The normalized spacial score (nSPS) is 14.7. The Hall–Kier alpha value is -4.24. The maximum Gasteiger partial charge on any atom is 0.335 e. The third kappa shape index (κ3) is 5.36. The lowest BCUT2D eigenvalue weighted by Gasteiger charge is -2.26. The minimum Gasteiger partial charge on any atom is -0.490 e. The average molecular weight is 513 g/mol. The van der Waals surface area contributed by atoms with Crippen LogP contribution in [0.4, 0.5) is 19.3 Å². The third-order valence-corrected chi connectivity index (χ3v) is 5.38. The van der Waals surface area contributed by atoms with Gasteiger partial charge in [-0.2, -0.15) is 0 Å². The molecule has 0 bridgehead atoms. The van der Waals surface area contributed by atoms with Crippen molar-refractivity contribution in [3.8, 4) is 11.5 Å². The maximum atomic E-state index is 13.5. The van der Waals surface area contributed by atoms with Crippen molar-refractivity contribution in [2.75, 3.05) is 11.5 Å². The molecule has 0 atom stereocenters. The van der Waals surface area contributed by atoms with E-state index in [9.17, 15) is 23.2 Å². The summed E-state index contributed by atoms with van der Waals surface area (Å²) in [4.78, 5) is 38.6. The van der Waals surface area contributed by atoms with Crippen molar-refractivity contribution in [3.05, 3.63) is 94.0 Å². The van der Waals surface area contributed by atoms with E-state index in [4.69, 9.17) is 21.1 Å². The third-order valence-electron chi connectivity index (χ3n) is 5.10. The molecule has 3 aromatic rings. The number of halogens is 3. The van der Waals surface area contributed by atoms with E-state index in [-0.39, 0.29) is 41.0 Å². The largest absolute Gasteiger partial charge is 0.490 e. The van der Waals surface area contributed by atoms with Crippen LogP contribution in [0.5, 0.6) is 11.5 Å². The highest BCUT2D eigenvalue weighted by atomic mass is 35.5. The summed E-state index contributed by atoms with van der Waals surface area (Å²) >= 11 is 6.43. The molecule has 1 aliphatic rings. The minimum absolute atomic E-state index is 0.0215. The molecule has 3 aromatic carbocycles. The van der Waals surface area contributed by atoms with Gasteiger partial charge in [0.15, 0.2) is 11.5 Å². The molecule has 0 spiro atoms. The Morgan fingerprint density at radius 2 is 1.72 bits per heavy atom. The Bertz CT molecular complexity index is 1380. The van der Waals surface area contributed by atoms with Gasteiger partial charge in [-0.15, -0.1) is 0 Å². The number of ether oxygens (including phenoxy) is 2. The van der Waals surface area contributed by atoms with Crippen LogP contribution in [-0.4, -0.2) is 24.5 Å². The Labute approximate surface area is 209 Å². The molecule has 4 amide bonds. The molecule has 184 valence electrons. The highest BCUT2D eigenvalue weighted by Gasteiger charge is 2.36. The number of imide groups is 2. The van der Waals surface area contributed by atoms with Gasteiger partial charge in [0.1, 0.15) is 23.8 Å². The molecule has 0 aromatic heterocycles. The second-order valence-corrected chi connectivity index (χ2v) is 8.02. The number of barbiturate groups is 1. The van der Waals surface area contributed by atoms with Crippen molar-refractivity contribution in [1.82, 2.24) is 5.32 Å². The molecular formula is C26H19ClF2N2O5. The Balaban J connectivity index is 1.65. The lowest BCUT2D eigenvalue weighted by molar-refractivity contribution is -0.122. The summed E-state index contributed by atoms with van der Waals surface area (Å²) in [6.45, 7) is 2.03. The van der Waals surface area contributed by atoms with E-state index in [1.54, 1.807) is 19.1 Å². The molecule has 10 heteroatoms. The quantitative estimate of drug-likeness (QED) is 0.345. The number of rotatable bonds is 7. The number of nitrogens with zero attached hydrogens (tertiary/aromatic N) is 1. The van der Waals surface area contributed by atoms with Gasteiger partial charge >= 0.3 is 6.03 Å². The van der Waals surface area contributed by atoms with Crippen molar-refractivity contribution in [2.24, 2.45) is 0 Å². The van der Waals surface area contributed by atoms with Crippen molar-refractivity contribution < 1.29 is 32.6 Å². The fourth-order valence-electron chi connectivity index (χ4n) is 3.51. The number of amides is 4. The molecule has 7 nitrogen and oxygen atoms in total. The van der Waals surface area contributed by atoms with Gasteiger partial charge in [-0.3, -0.25) is 14.9 Å². The SMILES string of the molecule is CCOc1cc(/C=C2\C(=O)NC(=O)N(c3ccc(F)cc3)C2=O)cc(Cl)c1OCc1cccc(F)c1. The van der Waals surface area contributed by atoms with E-state index in [2.05, 4.69) is 5.32 Å². The smallest absolute Gasteiger partial charge is 0.335 e. The van der Waals surface area contributed by atoms with Crippen LogP contribution in [0.15, 0.2) is 66.2 Å². The summed E-state index contributed by atoms with van der Waals surface area (Å²) in [5.41, 5.74) is 0.653. The molecule has 0 radical (unpaired) electrons. The van der Waals surface area contributed by atoms with Crippen molar-refractivity contribution >= 4 is 41.2 Å². The first-order valence-corrected chi connectivity index (χ1v) is 11.1. The summed E-state index contributed by atoms with van der Waals surface area (Å²) in [5, 5.41) is 2.22. The van der Waals surface area contributed by atoms with Crippen molar-refractivity contribution in [1.29, 1.82) is 0 Å². The summed E-state index contributed by atoms with van der Waals surface area (Å²) in [6.07, 6.45) is 1.26. The van der Waals surface area contributed by atoms with Gasteiger partial charge in [0.05, 0.1) is 17.3 Å². The van der Waals surface area contributed by atoms with Gasteiger partial charge in [0.2, 0.25) is 0 Å². The molecule has 36 heavy (non-hydrogen) atoms. The number of carbonyl (C=O) groups is 3. The first kappa shape index (κ1) is 24.9. The molecule has 1 fully saturated rings. The molecule has 1 N–H and O–H groups in total. The van der Waals surface area contributed by atoms with E-state index in [1.165, 1.54) is 42.5 Å². The zero-order valence-electron chi connectivity index (χ0n) is 18.9.